The van der Waals surface area contributed by atoms with Crippen molar-refractivity contribution in [2.45, 2.75) is 19.4 Å². The summed E-state index contributed by atoms with van der Waals surface area (Å²) in [6.07, 6.45) is 2.87. The maximum Gasteiger partial charge on any atom is 0.328 e. The highest BCUT2D eigenvalue weighted by atomic mass is 32.1. The summed E-state index contributed by atoms with van der Waals surface area (Å²) in [6, 6.07) is 9.19. The molecule has 0 fully saturated rings. The molecule has 8 heteroatoms. The molecule has 0 spiro atoms. The van der Waals surface area contributed by atoms with E-state index in [0.717, 1.165) is 32.6 Å². The van der Waals surface area contributed by atoms with Gasteiger partial charge in [-0.1, -0.05) is 12.1 Å². The van der Waals surface area contributed by atoms with Crippen molar-refractivity contribution in [2.24, 2.45) is 0 Å². The first-order chi connectivity index (χ1) is 11.6. The monoisotopic (exact) mass is 344 g/mol. The third-order valence-corrected chi connectivity index (χ3v) is 4.53. The molecule has 7 nitrogen and oxygen atoms in total. The lowest BCUT2D eigenvalue weighted by molar-refractivity contribution is -0.121. The minimum absolute atomic E-state index is 0.114. The van der Waals surface area contributed by atoms with Crippen molar-refractivity contribution in [3.05, 3.63) is 62.4 Å². The molecule has 0 saturated carbocycles. The lowest BCUT2D eigenvalue weighted by Gasteiger charge is -2.06. The van der Waals surface area contributed by atoms with Crippen molar-refractivity contribution >= 4 is 27.5 Å². The molecule has 2 heterocycles. The van der Waals surface area contributed by atoms with E-state index in [1.807, 2.05) is 24.3 Å². The maximum absolute atomic E-state index is 11.8. The molecule has 3 aromatic rings. The molecule has 1 amide bonds. The molecule has 1 aromatic carbocycles. The van der Waals surface area contributed by atoms with E-state index in [4.69, 9.17) is 0 Å². The Morgan fingerprint density at radius 3 is 2.88 bits per heavy atom. The molecule has 0 aliphatic carbocycles. The fourth-order valence-electron chi connectivity index (χ4n) is 2.27. The van der Waals surface area contributed by atoms with Gasteiger partial charge in [-0.15, -0.1) is 11.3 Å². The first kappa shape index (κ1) is 16.1. The number of thiazole rings is 1. The number of carbonyl (C=O) groups excluding carboxylic acids is 1. The molecule has 3 rings (SSSR count). The molecule has 24 heavy (non-hydrogen) atoms. The smallest absolute Gasteiger partial charge is 0.328 e. The van der Waals surface area contributed by atoms with E-state index in [0.29, 0.717) is 6.54 Å². The molecule has 0 atom stereocenters. The fourth-order valence-corrected chi connectivity index (χ4v) is 3.28. The average Bonchev–Trinajstić information content (AvgIpc) is 2.97. The van der Waals surface area contributed by atoms with E-state index in [1.165, 1.54) is 12.3 Å². The Morgan fingerprint density at radius 1 is 1.25 bits per heavy atom. The van der Waals surface area contributed by atoms with Crippen molar-refractivity contribution in [1.82, 2.24) is 19.9 Å². The van der Waals surface area contributed by atoms with Crippen LogP contribution in [0, 0.1) is 0 Å². The van der Waals surface area contributed by atoms with Crippen LogP contribution >= 0.6 is 11.3 Å². The van der Waals surface area contributed by atoms with Gasteiger partial charge in [-0.05, 0) is 18.6 Å². The van der Waals surface area contributed by atoms with Gasteiger partial charge in [-0.3, -0.25) is 19.1 Å². The zero-order chi connectivity index (χ0) is 16.9. The first-order valence-corrected chi connectivity index (χ1v) is 8.34. The Hall–Kier alpha value is -2.74. The summed E-state index contributed by atoms with van der Waals surface area (Å²) in [6.45, 7) is 0.392. The van der Waals surface area contributed by atoms with Crippen molar-refractivity contribution in [3.63, 3.8) is 0 Å². The summed E-state index contributed by atoms with van der Waals surface area (Å²) in [4.78, 5) is 40.9. The third kappa shape index (κ3) is 3.96. The van der Waals surface area contributed by atoms with E-state index in [1.54, 1.807) is 11.3 Å². The molecule has 124 valence electrons. The minimum atomic E-state index is -0.591. The standard InChI is InChI=1S/C16H16N4O3S/c21-13-7-9-20(16(23)19-13)10-14(22)17-8-3-6-15-18-11-4-1-2-5-12(11)24-15/h1-2,4-5,7,9H,3,6,8,10H2,(H,17,22)(H,19,21,23). The summed E-state index contributed by atoms with van der Waals surface area (Å²) >= 11 is 1.66. The van der Waals surface area contributed by atoms with E-state index in [9.17, 15) is 14.4 Å². The molecule has 2 N–H and O–H groups in total. The average molecular weight is 344 g/mol. The van der Waals surface area contributed by atoms with Crippen molar-refractivity contribution in [3.8, 4) is 0 Å². The van der Waals surface area contributed by atoms with Crippen molar-refractivity contribution in [1.29, 1.82) is 0 Å². The number of benzene rings is 1. The summed E-state index contributed by atoms with van der Waals surface area (Å²) < 4.78 is 2.32. The highest BCUT2D eigenvalue weighted by molar-refractivity contribution is 7.18. The van der Waals surface area contributed by atoms with E-state index in [2.05, 4.69) is 15.3 Å². The molecule has 0 aliphatic rings. The predicted molar refractivity (Wildman–Crippen MR) is 92.3 cm³/mol. The predicted octanol–water partition coefficient (Wildman–Crippen LogP) is 0.895. The van der Waals surface area contributed by atoms with Crippen LogP contribution in [0.5, 0.6) is 0 Å². The van der Waals surface area contributed by atoms with Crippen LogP contribution in [-0.2, 0) is 17.8 Å². The molecule has 0 unspecified atom stereocenters. The van der Waals surface area contributed by atoms with Crippen LogP contribution in [0.2, 0.25) is 0 Å². The molecule has 0 bridgehead atoms. The Bertz CT molecular complexity index is 940. The number of nitrogens with one attached hydrogen (secondary N) is 2. The van der Waals surface area contributed by atoms with Gasteiger partial charge in [0.2, 0.25) is 5.91 Å². The number of rotatable bonds is 6. The zero-order valence-corrected chi connectivity index (χ0v) is 13.6. The fraction of sp³-hybridized carbons (Fsp3) is 0.250. The highest BCUT2D eigenvalue weighted by Gasteiger charge is 2.06. The Balaban J connectivity index is 1.46. The van der Waals surface area contributed by atoms with Gasteiger partial charge in [0.05, 0.1) is 15.2 Å². The van der Waals surface area contributed by atoms with Crippen LogP contribution in [0.1, 0.15) is 11.4 Å². The first-order valence-electron chi connectivity index (χ1n) is 7.53. The molecular formula is C16H16N4O3S. The number of para-hydroxylation sites is 1. The summed E-state index contributed by atoms with van der Waals surface area (Å²) in [5.74, 6) is -0.270. The van der Waals surface area contributed by atoms with Gasteiger partial charge >= 0.3 is 5.69 Å². The second-order valence-corrected chi connectivity index (χ2v) is 6.38. The van der Waals surface area contributed by atoms with Gasteiger partial charge in [0.25, 0.3) is 5.56 Å². The third-order valence-electron chi connectivity index (χ3n) is 3.44. The number of aromatic amines is 1. The molecule has 0 radical (unpaired) electrons. The topological polar surface area (TPSA) is 96.9 Å². The number of hydrogen-bond acceptors (Lipinski definition) is 5. The lowest BCUT2D eigenvalue weighted by Crippen LogP contribution is -2.35. The number of aryl methyl sites for hydroxylation is 1. The number of amides is 1. The van der Waals surface area contributed by atoms with Crippen LogP contribution in [0.4, 0.5) is 0 Å². The van der Waals surface area contributed by atoms with E-state index >= 15 is 0 Å². The van der Waals surface area contributed by atoms with Crippen LogP contribution < -0.4 is 16.6 Å². The minimum Gasteiger partial charge on any atom is -0.355 e. The van der Waals surface area contributed by atoms with Gasteiger partial charge < -0.3 is 5.32 Å². The summed E-state index contributed by atoms with van der Waals surface area (Å²) in [5, 5.41) is 3.81. The highest BCUT2D eigenvalue weighted by Crippen LogP contribution is 2.22. The van der Waals surface area contributed by atoms with Crippen LogP contribution in [-0.4, -0.2) is 27.0 Å². The number of hydrogen-bond donors (Lipinski definition) is 2. The van der Waals surface area contributed by atoms with Crippen LogP contribution in [0.25, 0.3) is 10.2 Å². The number of aromatic nitrogens is 3. The quantitative estimate of drug-likeness (QED) is 0.649. The summed E-state index contributed by atoms with van der Waals surface area (Å²) in [5.41, 5.74) is -0.0707. The number of nitrogens with zero attached hydrogens (tertiary/aromatic N) is 2. The number of fused-ring (bicyclic) bond motifs is 1. The molecule has 2 aromatic heterocycles. The van der Waals surface area contributed by atoms with E-state index in [-0.39, 0.29) is 12.5 Å². The normalized spacial score (nSPS) is 10.8. The molecule has 0 aliphatic heterocycles. The van der Waals surface area contributed by atoms with Gasteiger partial charge in [-0.2, -0.15) is 0 Å². The zero-order valence-electron chi connectivity index (χ0n) is 12.8. The Morgan fingerprint density at radius 2 is 2.08 bits per heavy atom. The Labute approximate surface area is 141 Å². The maximum atomic E-state index is 11.8. The number of H-pyrrole nitrogens is 1. The van der Waals surface area contributed by atoms with Crippen molar-refractivity contribution in [2.75, 3.05) is 6.54 Å². The van der Waals surface area contributed by atoms with Gasteiger partial charge in [-0.25, -0.2) is 9.78 Å². The van der Waals surface area contributed by atoms with Crippen LogP contribution in [0.15, 0.2) is 46.1 Å². The van der Waals surface area contributed by atoms with Gasteiger partial charge in [0.1, 0.15) is 6.54 Å². The lowest BCUT2D eigenvalue weighted by atomic mass is 10.3. The van der Waals surface area contributed by atoms with Crippen LogP contribution in [0.3, 0.4) is 0 Å². The second kappa shape index (κ2) is 7.22. The van der Waals surface area contributed by atoms with Gasteiger partial charge in [0.15, 0.2) is 0 Å². The molecular weight excluding hydrogens is 328 g/mol. The largest absolute Gasteiger partial charge is 0.355 e. The molecule has 0 saturated heterocycles. The van der Waals surface area contributed by atoms with Gasteiger partial charge in [0, 0.05) is 25.2 Å². The van der Waals surface area contributed by atoms with E-state index < -0.39 is 11.2 Å². The Kier molecular flexibility index (Phi) is 4.85. The SMILES string of the molecule is O=C(Cn1ccc(=O)[nH]c1=O)NCCCc1nc2ccccc2s1. The number of carbonyl (C=O) groups is 1. The summed E-state index contributed by atoms with van der Waals surface area (Å²) in [7, 11) is 0. The van der Waals surface area contributed by atoms with Crippen molar-refractivity contribution < 1.29 is 4.79 Å². The second-order valence-electron chi connectivity index (χ2n) is 5.27.